The first-order valence-electron chi connectivity index (χ1n) is 11.4. The molecule has 1 aliphatic heterocycles. The van der Waals surface area contributed by atoms with Crippen LogP contribution in [-0.2, 0) is 11.3 Å². The minimum absolute atomic E-state index is 0.0616. The van der Waals surface area contributed by atoms with Crippen molar-refractivity contribution in [1.29, 1.82) is 0 Å². The third-order valence-electron chi connectivity index (χ3n) is 6.11. The Hall–Kier alpha value is -2.93. The second-order valence-electron chi connectivity index (χ2n) is 8.50. The smallest absolute Gasteiger partial charge is 0.260 e. The molecule has 1 saturated heterocycles. The van der Waals surface area contributed by atoms with E-state index in [1.807, 2.05) is 30.3 Å². The van der Waals surface area contributed by atoms with Gasteiger partial charge in [0, 0.05) is 37.2 Å². The number of piperazine rings is 1. The van der Waals surface area contributed by atoms with Gasteiger partial charge in [-0.25, -0.2) is 4.39 Å². The maximum Gasteiger partial charge on any atom is 0.260 e. The average molecular weight is 483 g/mol. The lowest BCUT2D eigenvalue weighted by Crippen LogP contribution is -2.55. The van der Waals surface area contributed by atoms with Crippen LogP contribution in [0.15, 0.2) is 78.9 Å². The molecule has 3 aromatic rings. The summed E-state index contributed by atoms with van der Waals surface area (Å²) in [4.78, 5) is 16.9. The van der Waals surface area contributed by atoms with Gasteiger partial charge in [-0.3, -0.25) is 9.69 Å². The predicted octanol–water partition coefficient (Wildman–Crippen LogP) is 4.69. The minimum atomic E-state index is -0.651. The van der Waals surface area contributed by atoms with Gasteiger partial charge in [-0.15, -0.1) is 0 Å². The first kappa shape index (κ1) is 24.2. The fraction of sp³-hybridized carbons (Fsp3) is 0.296. The first-order chi connectivity index (χ1) is 16.5. The van der Waals surface area contributed by atoms with E-state index in [0.29, 0.717) is 43.4 Å². The van der Waals surface area contributed by atoms with Gasteiger partial charge in [0.1, 0.15) is 11.6 Å². The van der Waals surface area contributed by atoms with Crippen LogP contribution in [0.1, 0.15) is 23.7 Å². The monoisotopic (exact) mass is 482 g/mol. The largest absolute Gasteiger partial charge is 0.484 e. The van der Waals surface area contributed by atoms with Crippen LogP contribution in [0.5, 0.6) is 5.75 Å². The fourth-order valence-electron chi connectivity index (χ4n) is 4.21. The number of aliphatic hydroxyl groups is 1. The van der Waals surface area contributed by atoms with Gasteiger partial charge in [0.15, 0.2) is 6.61 Å². The number of carbonyl (C=O) groups is 1. The van der Waals surface area contributed by atoms with Crippen LogP contribution >= 0.6 is 11.6 Å². The second kappa shape index (κ2) is 11.5. The number of halogens is 2. The number of hydrogen-bond donors (Lipinski definition) is 1. The zero-order chi connectivity index (χ0) is 23.9. The van der Waals surface area contributed by atoms with Gasteiger partial charge in [0.25, 0.3) is 5.91 Å². The molecular formula is C27H28ClFN2O3. The van der Waals surface area contributed by atoms with E-state index in [4.69, 9.17) is 16.3 Å². The fourth-order valence-corrected chi connectivity index (χ4v) is 4.34. The molecule has 5 nitrogen and oxygen atoms in total. The van der Waals surface area contributed by atoms with Crippen molar-refractivity contribution in [2.75, 3.05) is 26.2 Å². The standard InChI is InChI=1S/C27H28ClFN2O3/c28-22-8-12-25(13-9-22)34-19-27(33)31-15-14-30(17-20-6-10-23(29)11-7-20)24(18-31)16-26(32)21-4-2-1-3-5-21/h1-13,24,26,32H,14-19H2. The van der Waals surface area contributed by atoms with E-state index >= 15 is 0 Å². The molecule has 0 radical (unpaired) electrons. The van der Waals surface area contributed by atoms with Gasteiger partial charge in [-0.1, -0.05) is 54.1 Å². The van der Waals surface area contributed by atoms with E-state index in [9.17, 15) is 14.3 Å². The topological polar surface area (TPSA) is 53.0 Å². The molecule has 1 fully saturated rings. The van der Waals surface area contributed by atoms with Gasteiger partial charge in [0.05, 0.1) is 6.10 Å². The lowest BCUT2D eigenvalue weighted by molar-refractivity contribution is -0.137. The predicted molar refractivity (Wildman–Crippen MR) is 130 cm³/mol. The lowest BCUT2D eigenvalue weighted by atomic mass is 9.98. The number of benzene rings is 3. The van der Waals surface area contributed by atoms with E-state index in [2.05, 4.69) is 4.90 Å². The average Bonchev–Trinajstić information content (AvgIpc) is 2.86. The Balaban J connectivity index is 1.42. The molecule has 2 unspecified atom stereocenters. The molecule has 0 aromatic heterocycles. The van der Waals surface area contributed by atoms with E-state index in [-0.39, 0.29) is 24.4 Å². The summed E-state index contributed by atoms with van der Waals surface area (Å²) < 4.78 is 19.0. The number of aliphatic hydroxyl groups excluding tert-OH is 1. The summed E-state index contributed by atoms with van der Waals surface area (Å²) in [6.07, 6.45) is -0.171. The normalized spacial score (nSPS) is 17.4. The van der Waals surface area contributed by atoms with Crippen LogP contribution in [0.25, 0.3) is 0 Å². The van der Waals surface area contributed by atoms with E-state index < -0.39 is 6.10 Å². The van der Waals surface area contributed by atoms with Crippen molar-refractivity contribution in [3.63, 3.8) is 0 Å². The van der Waals surface area contributed by atoms with Crippen LogP contribution in [0, 0.1) is 5.82 Å². The number of carbonyl (C=O) groups excluding carboxylic acids is 1. The van der Waals surface area contributed by atoms with Crippen LogP contribution in [0.4, 0.5) is 4.39 Å². The maximum atomic E-state index is 13.3. The Morgan fingerprint density at radius 1 is 1.03 bits per heavy atom. The zero-order valence-electron chi connectivity index (χ0n) is 18.8. The molecule has 4 rings (SSSR count). The highest BCUT2D eigenvalue weighted by Crippen LogP contribution is 2.25. The Morgan fingerprint density at radius 3 is 2.44 bits per heavy atom. The van der Waals surface area contributed by atoms with Crippen LogP contribution in [-0.4, -0.2) is 53.1 Å². The van der Waals surface area contributed by atoms with Crippen molar-refractivity contribution in [3.05, 3.63) is 101 Å². The molecule has 1 aliphatic rings. The minimum Gasteiger partial charge on any atom is -0.484 e. The van der Waals surface area contributed by atoms with Crippen LogP contribution in [0.3, 0.4) is 0 Å². The number of rotatable bonds is 8. The Morgan fingerprint density at radius 2 is 1.74 bits per heavy atom. The summed E-state index contributed by atoms with van der Waals surface area (Å²) in [5.41, 5.74) is 1.84. The molecular weight excluding hydrogens is 455 g/mol. The Labute approximate surface area is 204 Å². The lowest BCUT2D eigenvalue weighted by Gasteiger charge is -2.42. The molecule has 34 heavy (non-hydrogen) atoms. The molecule has 0 spiro atoms. The third-order valence-corrected chi connectivity index (χ3v) is 6.36. The second-order valence-corrected chi connectivity index (χ2v) is 8.93. The van der Waals surface area contributed by atoms with Crippen LogP contribution < -0.4 is 4.74 Å². The summed E-state index contributed by atoms with van der Waals surface area (Å²) in [6.45, 7) is 2.25. The molecule has 0 aliphatic carbocycles. The van der Waals surface area contributed by atoms with Gasteiger partial charge in [0.2, 0.25) is 0 Å². The van der Waals surface area contributed by atoms with Crippen molar-refractivity contribution < 1.29 is 19.0 Å². The van der Waals surface area contributed by atoms with Gasteiger partial charge in [-0.05, 0) is 53.9 Å². The molecule has 3 aromatic carbocycles. The summed E-state index contributed by atoms with van der Waals surface area (Å²) in [5, 5.41) is 11.5. The van der Waals surface area contributed by atoms with Crippen molar-refractivity contribution in [2.24, 2.45) is 0 Å². The van der Waals surface area contributed by atoms with Crippen molar-refractivity contribution in [3.8, 4) is 5.75 Å². The summed E-state index contributed by atoms with van der Waals surface area (Å²) in [5.74, 6) is 0.218. The highest BCUT2D eigenvalue weighted by atomic mass is 35.5. The molecule has 2 atom stereocenters. The van der Waals surface area contributed by atoms with E-state index in [1.54, 1.807) is 41.3 Å². The van der Waals surface area contributed by atoms with Gasteiger partial charge < -0.3 is 14.7 Å². The summed E-state index contributed by atoms with van der Waals surface area (Å²) in [7, 11) is 0. The molecule has 1 amide bonds. The molecule has 0 bridgehead atoms. The maximum absolute atomic E-state index is 13.3. The number of nitrogens with zero attached hydrogens (tertiary/aromatic N) is 2. The number of amides is 1. The number of hydrogen-bond acceptors (Lipinski definition) is 4. The molecule has 0 saturated carbocycles. The Bertz CT molecular complexity index is 1060. The highest BCUT2D eigenvalue weighted by molar-refractivity contribution is 6.30. The van der Waals surface area contributed by atoms with Gasteiger partial charge in [-0.2, -0.15) is 0 Å². The molecule has 7 heteroatoms. The summed E-state index contributed by atoms with van der Waals surface area (Å²) >= 11 is 5.90. The van der Waals surface area contributed by atoms with E-state index in [0.717, 1.165) is 11.1 Å². The van der Waals surface area contributed by atoms with Gasteiger partial charge >= 0.3 is 0 Å². The van der Waals surface area contributed by atoms with E-state index in [1.165, 1.54) is 12.1 Å². The SMILES string of the molecule is O=C(COc1ccc(Cl)cc1)N1CCN(Cc2ccc(F)cc2)C(CC(O)c2ccccc2)C1. The van der Waals surface area contributed by atoms with Crippen LogP contribution in [0.2, 0.25) is 5.02 Å². The third kappa shape index (κ3) is 6.56. The molecule has 1 heterocycles. The summed E-state index contributed by atoms with van der Waals surface area (Å²) in [6, 6.07) is 22.8. The Kier molecular flexibility index (Phi) is 8.16. The molecule has 1 N–H and O–H groups in total. The zero-order valence-corrected chi connectivity index (χ0v) is 19.6. The van der Waals surface area contributed by atoms with Crippen molar-refractivity contribution in [1.82, 2.24) is 9.80 Å². The quantitative estimate of drug-likeness (QED) is 0.506. The van der Waals surface area contributed by atoms with Crippen molar-refractivity contribution >= 4 is 17.5 Å². The van der Waals surface area contributed by atoms with Crippen molar-refractivity contribution in [2.45, 2.75) is 25.1 Å². The number of ether oxygens (including phenoxy) is 1. The molecule has 178 valence electrons. The highest BCUT2D eigenvalue weighted by Gasteiger charge is 2.31. The first-order valence-corrected chi connectivity index (χ1v) is 11.7.